The predicted octanol–water partition coefficient (Wildman–Crippen LogP) is 5.09. The molecule has 3 aliphatic rings. The zero-order chi connectivity index (χ0) is 38.2. The number of carbonyl (C=O) groups excluding carboxylic acids is 3. The van der Waals surface area contributed by atoms with E-state index in [1.165, 1.54) is 32.1 Å². The van der Waals surface area contributed by atoms with Crippen LogP contribution in [0, 0.1) is 42.9 Å². The van der Waals surface area contributed by atoms with Crippen molar-refractivity contribution in [3.8, 4) is 25.7 Å². The minimum absolute atomic E-state index is 0.0677. The SMILES string of the molecule is C#C.C#C.CC(C)(C)NC=O.CC(C)C.C[C@@]12CCCC[C@@H]1CN(C[C@@H](O)[C@H](CSc1ccccc1)NC(=O)CNC(=O)CNC1CC1)CC2. The normalized spacial score (nSPS) is 20.8. The fourth-order valence-electron chi connectivity index (χ4n) is 5.64. The Morgan fingerprint density at radius 2 is 1.62 bits per heavy atom. The van der Waals surface area contributed by atoms with Gasteiger partial charge in [0.25, 0.3) is 0 Å². The number of hydrogen-bond acceptors (Lipinski definition) is 7. The first-order chi connectivity index (χ1) is 23.7. The Balaban J connectivity index is 0.00000136. The summed E-state index contributed by atoms with van der Waals surface area (Å²) in [6.45, 7) is 17.5. The van der Waals surface area contributed by atoms with E-state index in [0.29, 0.717) is 36.1 Å². The predicted molar refractivity (Wildman–Crippen MR) is 210 cm³/mol. The van der Waals surface area contributed by atoms with Gasteiger partial charge in [-0.2, -0.15) is 0 Å². The van der Waals surface area contributed by atoms with Crippen LogP contribution in [-0.4, -0.2) is 90.4 Å². The van der Waals surface area contributed by atoms with Crippen LogP contribution in [0.15, 0.2) is 35.2 Å². The summed E-state index contributed by atoms with van der Waals surface area (Å²) in [4.78, 5) is 37.9. The number of nitrogens with one attached hydrogen (secondary N) is 4. The molecule has 3 amide bonds. The third kappa shape index (κ3) is 21.9. The molecule has 4 atom stereocenters. The average Bonchev–Trinajstić information content (AvgIpc) is 3.91. The van der Waals surface area contributed by atoms with Crippen molar-refractivity contribution >= 4 is 30.0 Å². The van der Waals surface area contributed by atoms with Gasteiger partial charge in [0, 0.05) is 35.3 Å². The molecule has 1 aliphatic heterocycles. The second-order valence-electron chi connectivity index (χ2n) is 15.1. The van der Waals surface area contributed by atoms with Gasteiger partial charge in [0.05, 0.1) is 25.2 Å². The summed E-state index contributed by atoms with van der Waals surface area (Å²) < 4.78 is 0. The van der Waals surface area contributed by atoms with Crippen molar-refractivity contribution in [1.82, 2.24) is 26.2 Å². The second-order valence-corrected chi connectivity index (χ2v) is 16.2. The Kier molecular flexibility index (Phi) is 24.3. The number of benzene rings is 1. The maximum Gasteiger partial charge on any atom is 0.239 e. The van der Waals surface area contributed by atoms with E-state index in [1.54, 1.807) is 11.8 Å². The Morgan fingerprint density at radius 1 is 1.00 bits per heavy atom. The largest absolute Gasteiger partial charge is 0.390 e. The van der Waals surface area contributed by atoms with Gasteiger partial charge in [-0.1, -0.05) is 58.7 Å². The third-order valence-electron chi connectivity index (χ3n) is 8.51. The van der Waals surface area contributed by atoms with Crippen LogP contribution < -0.4 is 21.3 Å². The average molecular weight is 714 g/mol. The highest BCUT2D eigenvalue weighted by Crippen LogP contribution is 2.46. The number of hydrogen-bond donors (Lipinski definition) is 5. The molecule has 50 heavy (non-hydrogen) atoms. The minimum Gasteiger partial charge on any atom is -0.390 e. The van der Waals surface area contributed by atoms with Crippen LogP contribution >= 0.6 is 11.8 Å². The lowest BCUT2D eigenvalue weighted by atomic mass is 9.64. The Morgan fingerprint density at radius 3 is 2.16 bits per heavy atom. The molecule has 1 aromatic rings. The number of nitrogens with zero attached hydrogens (tertiary/aromatic N) is 1. The van der Waals surface area contributed by atoms with Crippen LogP contribution in [0.1, 0.15) is 93.4 Å². The van der Waals surface area contributed by atoms with E-state index in [2.05, 4.69) is 79.6 Å². The lowest BCUT2D eigenvalue weighted by Gasteiger charge is -2.49. The van der Waals surface area contributed by atoms with Crippen molar-refractivity contribution in [2.45, 2.75) is 122 Å². The molecule has 0 unspecified atom stereocenters. The van der Waals surface area contributed by atoms with Crippen LogP contribution in [0.4, 0.5) is 0 Å². The van der Waals surface area contributed by atoms with E-state index < -0.39 is 12.1 Å². The van der Waals surface area contributed by atoms with Crippen LogP contribution in [0.5, 0.6) is 0 Å². The van der Waals surface area contributed by atoms with Gasteiger partial charge in [-0.25, -0.2) is 0 Å². The number of likely N-dealkylation sites (tertiary alicyclic amines) is 1. The maximum atomic E-state index is 12.7. The van der Waals surface area contributed by atoms with Crippen molar-refractivity contribution in [2.24, 2.45) is 17.3 Å². The number of thioether (sulfide) groups is 1. The summed E-state index contributed by atoms with van der Waals surface area (Å²) in [6.07, 6.45) is 24.7. The quantitative estimate of drug-likeness (QED) is 0.110. The molecule has 0 bridgehead atoms. The smallest absolute Gasteiger partial charge is 0.239 e. The standard InChI is InChI=1S/C27H42N4O3S.C5H11NO.C4H10.2C2H2/c1-27-12-6-5-7-20(27)17-31(14-13-27)18-24(32)23(19-35-22-8-3-2-4-9-22)30-26(34)16-29-25(33)15-28-21-10-11-21;1-5(2,3)6-4-7;1-4(2)3;2*1-2/h2-4,8-9,20-21,23-24,28,32H,5-7,10-19H2,1H3,(H,29,33)(H,30,34);4H,1-3H3,(H,6,7);4H,1-3H3;2*1-2H/t20-,23+,24-,27+;;;;/m1..../s1. The minimum atomic E-state index is -0.671. The molecular formula is C40H67N5O4S. The summed E-state index contributed by atoms with van der Waals surface area (Å²) in [5, 5.41) is 22.7. The van der Waals surface area contributed by atoms with E-state index in [4.69, 9.17) is 0 Å². The van der Waals surface area contributed by atoms with E-state index in [1.807, 2.05) is 51.1 Å². The molecule has 2 saturated carbocycles. The highest BCUT2D eigenvalue weighted by molar-refractivity contribution is 7.99. The molecule has 0 aromatic heterocycles. The lowest BCUT2D eigenvalue weighted by molar-refractivity contribution is -0.126. The van der Waals surface area contributed by atoms with Gasteiger partial charge in [0.15, 0.2) is 0 Å². The highest BCUT2D eigenvalue weighted by atomic mass is 32.2. The number of fused-ring (bicyclic) bond motifs is 1. The number of terminal acetylenes is 2. The Labute approximate surface area is 308 Å². The van der Waals surface area contributed by atoms with Crippen LogP contribution in [0.3, 0.4) is 0 Å². The van der Waals surface area contributed by atoms with E-state index >= 15 is 0 Å². The molecule has 0 radical (unpaired) electrons. The van der Waals surface area contributed by atoms with Crippen LogP contribution in [-0.2, 0) is 14.4 Å². The molecule has 10 heteroatoms. The van der Waals surface area contributed by atoms with Gasteiger partial charge >= 0.3 is 0 Å². The zero-order valence-electron chi connectivity index (χ0n) is 31.9. The van der Waals surface area contributed by atoms with Gasteiger partial charge in [-0.05, 0) is 88.8 Å². The summed E-state index contributed by atoms with van der Waals surface area (Å²) in [6, 6.07) is 10.1. The topological polar surface area (TPSA) is 123 Å². The van der Waals surface area contributed by atoms with Gasteiger partial charge in [0.1, 0.15) is 0 Å². The fraction of sp³-hybridized carbons (Fsp3) is 0.675. The summed E-state index contributed by atoms with van der Waals surface area (Å²) >= 11 is 1.63. The zero-order valence-corrected chi connectivity index (χ0v) is 32.7. The van der Waals surface area contributed by atoms with Crippen molar-refractivity contribution < 1.29 is 19.5 Å². The van der Waals surface area contributed by atoms with Crippen molar-refractivity contribution in [2.75, 3.05) is 38.5 Å². The summed E-state index contributed by atoms with van der Waals surface area (Å²) in [7, 11) is 0. The first kappa shape index (κ1) is 47.0. The Hall–Kier alpha value is -3.02. The molecular weight excluding hydrogens is 647 g/mol. The maximum absolute atomic E-state index is 12.7. The first-order valence-corrected chi connectivity index (χ1v) is 18.9. The van der Waals surface area contributed by atoms with E-state index in [9.17, 15) is 19.5 Å². The fourth-order valence-corrected chi connectivity index (χ4v) is 6.67. The lowest BCUT2D eigenvalue weighted by Crippen LogP contribution is -2.55. The number of piperidine rings is 1. The summed E-state index contributed by atoms with van der Waals surface area (Å²) in [5.74, 6) is 1.67. The number of aliphatic hydroxyl groups is 1. The molecule has 1 aromatic carbocycles. The van der Waals surface area contributed by atoms with Crippen molar-refractivity contribution in [1.29, 1.82) is 0 Å². The number of rotatable bonds is 13. The molecule has 1 saturated heterocycles. The highest BCUT2D eigenvalue weighted by Gasteiger charge is 2.41. The molecule has 1 heterocycles. The molecule has 0 spiro atoms. The van der Waals surface area contributed by atoms with Gasteiger partial charge in [-0.3, -0.25) is 14.4 Å². The van der Waals surface area contributed by atoms with Crippen LogP contribution in [0.25, 0.3) is 0 Å². The summed E-state index contributed by atoms with van der Waals surface area (Å²) in [5.41, 5.74) is 0.380. The van der Waals surface area contributed by atoms with E-state index in [0.717, 1.165) is 36.7 Å². The van der Waals surface area contributed by atoms with E-state index in [-0.39, 0.29) is 30.4 Å². The number of aliphatic hydroxyl groups excluding tert-OH is 1. The molecule has 4 rings (SSSR count). The number of amides is 3. The first-order valence-electron chi connectivity index (χ1n) is 18.0. The Bertz CT molecular complexity index is 1110. The molecule has 282 valence electrons. The van der Waals surface area contributed by atoms with Gasteiger partial charge < -0.3 is 31.3 Å². The monoisotopic (exact) mass is 713 g/mol. The van der Waals surface area contributed by atoms with Gasteiger partial charge in [0.2, 0.25) is 18.2 Å². The number of β-amino-alcohol motifs (C(OH)–C–C–N with tert-alkyl or cyclic N) is 1. The van der Waals surface area contributed by atoms with Crippen molar-refractivity contribution in [3.63, 3.8) is 0 Å². The number of carbonyl (C=O) groups is 3. The van der Waals surface area contributed by atoms with Crippen LogP contribution in [0.2, 0.25) is 0 Å². The third-order valence-corrected chi connectivity index (χ3v) is 9.64. The molecule has 2 aliphatic carbocycles. The second kappa shape index (κ2) is 25.9. The molecule has 3 fully saturated rings. The van der Waals surface area contributed by atoms with Crippen molar-refractivity contribution in [3.05, 3.63) is 30.3 Å². The molecule has 9 nitrogen and oxygen atoms in total. The van der Waals surface area contributed by atoms with Gasteiger partial charge in [-0.15, -0.1) is 37.5 Å². The molecule has 5 N–H and O–H groups in total.